The van der Waals surface area contributed by atoms with E-state index in [0.29, 0.717) is 0 Å². The van der Waals surface area contributed by atoms with E-state index < -0.39 is 36.3 Å². The maximum atomic E-state index is 11.5. The Morgan fingerprint density at radius 3 is 2.53 bits per heavy atom. The van der Waals surface area contributed by atoms with E-state index in [1.807, 2.05) is 0 Å². The normalized spacial score (nSPS) is 45.7. The summed E-state index contributed by atoms with van der Waals surface area (Å²) in [5, 5.41) is 37.3. The highest BCUT2D eigenvalue weighted by Gasteiger charge is 2.52. The largest absolute Gasteiger partial charge is 0.394 e. The summed E-state index contributed by atoms with van der Waals surface area (Å²) in [6.45, 7) is -0.423. The zero-order chi connectivity index (χ0) is 11.2. The highest BCUT2D eigenvalue weighted by Crippen LogP contribution is 2.36. The average molecular weight is 235 g/mol. The molecule has 0 radical (unpaired) electrons. The van der Waals surface area contributed by atoms with Crippen LogP contribution in [0.3, 0.4) is 0 Å². The van der Waals surface area contributed by atoms with Crippen LogP contribution < -0.4 is 0 Å². The van der Waals surface area contributed by atoms with Crippen LogP contribution >= 0.6 is 11.8 Å². The molecule has 0 spiro atoms. The van der Waals surface area contributed by atoms with Crippen LogP contribution in [-0.4, -0.2) is 73.3 Å². The molecule has 2 aliphatic heterocycles. The van der Waals surface area contributed by atoms with Crippen LogP contribution in [0, 0.1) is 0 Å². The standard InChI is InChI=1S/C8H13NO5S/c10-1-3-5(12)6(13)7(14)8-9(3)4(11)2-15-8/h3,5-8,10,12-14H,1-2H2/t3-,5+,6-,7-,8+/m0/s1. The fourth-order valence-electron chi connectivity index (χ4n) is 2.05. The Morgan fingerprint density at radius 2 is 1.93 bits per heavy atom. The smallest absolute Gasteiger partial charge is 0.234 e. The molecule has 5 atom stereocenters. The Labute approximate surface area is 90.5 Å². The van der Waals surface area contributed by atoms with Gasteiger partial charge in [-0.15, -0.1) is 11.8 Å². The molecule has 0 aromatic heterocycles. The number of hydrogen-bond acceptors (Lipinski definition) is 6. The zero-order valence-corrected chi connectivity index (χ0v) is 8.67. The number of piperidine rings is 1. The summed E-state index contributed by atoms with van der Waals surface area (Å²) in [5.74, 6) is -0.0217. The van der Waals surface area contributed by atoms with Gasteiger partial charge in [0.05, 0.1) is 18.4 Å². The third kappa shape index (κ3) is 1.55. The molecular weight excluding hydrogens is 222 g/mol. The molecule has 86 valence electrons. The first-order chi connectivity index (χ1) is 7.07. The van der Waals surface area contributed by atoms with Crippen LogP contribution in [0.2, 0.25) is 0 Å². The van der Waals surface area contributed by atoms with Crippen LogP contribution in [-0.2, 0) is 4.79 Å². The minimum absolute atomic E-state index is 0.206. The number of aliphatic hydroxyl groups is 4. The van der Waals surface area contributed by atoms with E-state index in [1.54, 1.807) is 0 Å². The molecule has 1 amide bonds. The molecule has 0 aromatic rings. The van der Waals surface area contributed by atoms with Gasteiger partial charge in [0.25, 0.3) is 0 Å². The summed E-state index contributed by atoms with van der Waals surface area (Å²) in [4.78, 5) is 12.7. The average Bonchev–Trinajstić information content (AvgIpc) is 2.59. The highest BCUT2D eigenvalue weighted by molar-refractivity contribution is 8.01. The van der Waals surface area contributed by atoms with Crippen LogP contribution in [0.25, 0.3) is 0 Å². The minimum atomic E-state index is -1.32. The lowest BCUT2D eigenvalue weighted by atomic mass is 9.94. The predicted octanol–water partition coefficient (Wildman–Crippen LogP) is -2.65. The summed E-state index contributed by atoms with van der Waals surface area (Å²) in [6.07, 6.45) is -3.79. The molecular formula is C8H13NO5S. The summed E-state index contributed by atoms with van der Waals surface area (Å²) in [7, 11) is 0. The molecule has 2 fully saturated rings. The van der Waals surface area contributed by atoms with Crippen LogP contribution in [0.5, 0.6) is 0 Å². The highest BCUT2D eigenvalue weighted by atomic mass is 32.2. The Kier molecular flexibility index (Phi) is 2.91. The number of carbonyl (C=O) groups excluding carboxylic acids is 1. The van der Waals surface area contributed by atoms with Gasteiger partial charge < -0.3 is 25.3 Å². The molecule has 0 bridgehead atoms. The van der Waals surface area contributed by atoms with Crippen molar-refractivity contribution in [3.63, 3.8) is 0 Å². The van der Waals surface area contributed by atoms with Gasteiger partial charge in [0.15, 0.2) is 0 Å². The second kappa shape index (κ2) is 3.91. The van der Waals surface area contributed by atoms with E-state index in [0.717, 1.165) is 0 Å². The van der Waals surface area contributed by atoms with Gasteiger partial charge in [-0.2, -0.15) is 0 Å². The van der Waals surface area contributed by atoms with Gasteiger partial charge in [-0.1, -0.05) is 0 Å². The zero-order valence-electron chi connectivity index (χ0n) is 7.85. The van der Waals surface area contributed by atoms with Crippen LogP contribution in [0.1, 0.15) is 0 Å². The molecule has 2 heterocycles. The summed E-state index contributed by atoms with van der Waals surface area (Å²) < 4.78 is 0. The lowest BCUT2D eigenvalue weighted by Gasteiger charge is -2.44. The number of fused-ring (bicyclic) bond motifs is 1. The lowest BCUT2D eigenvalue weighted by Crippen LogP contribution is -2.65. The summed E-state index contributed by atoms with van der Waals surface area (Å²) in [5.41, 5.74) is 0. The van der Waals surface area contributed by atoms with Crippen molar-refractivity contribution in [3.05, 3.63) is 0 Å². The maximum Gasteiger partial charge on any atom is 0.234 e. The second-order valence-electron chi connectivity index (χ2n) is 3.72. The minimum Gasteiger partial charge on any atom is -0.394 e. The molecule has 0 aliphatic carbocycles. The van der Waals surface area contributed by atoms with Gasteiger partial charge in [-0.25, -0.2) is 0 Å². The third-order valence-electron chi connectivity index (χ3n) is 2.87. The molecule has 0 unspecified atom stereocenters. The van der Waals surface area contributed by atoms with E-state index in [2.05, 4.69) is 0 Å². The molecule has 6 nitrogen and oxygen atoms in total. The molecule has 15 heavy (non-hydrogen) atoms. The van der Waals surface area contributed by atoms with Gasteiger partial charge >= 0.3 is 0 Å². The fourth-order valence-corrected chi connectivity index (χ4v) is 3.30. The van der Waals surface area contributed by atoms with Crippen molar-refractivity contribution in [2.45, 2.75) is 29.7 Å². The van der Waals surface area contributed by atoms with Gasteiger partial charge in [-0.05, 0) is 0 Å². The Bertz CT molecular complexity index is 276. The van der Waals surface area contributed by atoms with E-state index >= 15 is 0 Å². The number of thioether (sulfide) groups is 1. The Balaban J connectivity index is 2.28. The predicted molar refractivity (Wildman–Crippen MR) is 52.0 cm³/mol. The van der Waals surface area contributed by atoms with Gasteiger partial charge in [0, 0.05) is 0 Å². The molecule has 2 aliphatic rings. The summed E-state index contributed by atoms with van der Waals surface area (Å²) >= 11 is 1.21. The first kappa shape index (κ1) is 11.2. The monoisotopic (exact) mass is 235 g/mol. The van der Waals surface area contributed by atoms with Crippen molar-refractivity contribution >= 4 is 17.7 Å². The number of rotatable bonds is 1. The molecule has 2 rings (SSSR count). The Morgan fingerprint density at radius 1 is 1.27 bits per heavy atom. The topological polar surface area (TPSA) is 101 Å². The second-order valence-corrected chi connectivity index (χ2v) is 4.83. The van der Waals surface area contributed by atoms with E-state index in [-0.39, 0.29) is 11.7 Å². The summed E-state index contributed by atoms with van der Waals surface area (Å²) in [6, 6.07) is -0.823. The van der Waals surface area contributed by atoms with Gasteiger partial charge in [0.1, 0.15) is 23.7 Å². The van der Waals surface area contributed by atoms with Crippen molar-refractivity contribution in [1.82, 2.24) is 4.90 Å². The molecule has 0 saturated carbocycles. The van der Waals surface area contributed by atoms with Gasteiger partial charge in [-0.3, -0.25) is 4.79 Å². The first-order valence-electron chi connectivity index (χ1n) is 4.65. The SMILES string of the molecule is O=C1CS[C@@H]2[C@@H](O)[C@@H](O)[C@H](O)[C@H](CO)N12. The van der Waals surface area contributed by atoms with Crippen molar-refractivity contribution in [2.75, 3.05) is 12.4 Å². The van der Waals surface area contributed by atoms with Crippen molar-refractivity contribution < 1.29 is 25.2 Å². The van der Waals surface area contributed by atoms with E-state index in [4.69, 9.17) is 5.11 Å². The molecule has 2 saturated heterocycles. The molecule has 0 aromatic carbocycles. The number of amides is 1. The quantitative estimate of drug-likeness (QED) is 0.396. The number of nitrogens with zero attached hydrogens (tertiary/aromatic N) is 1. The van der Waals surface area contributed by atoms with Crippen LogP contribution in [0.15, 0.2) is 0 Å². The number of carbonyl (C=O) groups is 1. The van der Waals surface area contributed by atoms with Gasteiger partial charge in [0.2, 0.25) is 5.91 Å². The van der Waals surface area contributed by atoms with Crippen molar-refractivity contribution in [3.8, 4) is 0 Å². The van der Waals surface area contributed by atoms with E-state index in [1.165, 1.54) is 16.7 Å². The molecule has 4 N–H and O–H groups in total. The third-order valence-corrected chi connectivity index (χ3v) is 4.13. The van der Waals surface area contributed by atoms with Crippen LogP contribution in [0.4, 0.5) is 0 Å². The number of hydrogen-bond donors (Lipinski definition) is 4. The van der Waals surface area contributed by atoms with Crippen molar-refractivity contribution in [1.29, 1.82) is 0 Å². The maximum absolute atomic E-state index is 11.5. The fraction of sp³-hybridized carbons (Fsp3) is 0.875. The first-order valence-corrected chi connectivity index (χ1v) is 5.70. The van der Waals surface area contributed by atoms with Crippen molar-refractivity contribution in [2.24, 2.45) is 0 Å². The molecule has 7 heteroatoms. The number of aliphatic hydroxyl groups excluding tert-OH is 4. The lowest BCUT2D eigenvalue weighted by molar-refractivity contribution is -0.166. The Hall–Kier alpha value is -0.340. The van der Waals surface area contributed by atoms with E-state index in [9.17, 15) is 20.1 Å².